The third-order valence-corrected chi connectivity index (χ3v) is 4.12. The Morgan fingerprint density at radius 1 is 1.21 bits per heavy atom. The van der Waals surface area contributed by atoms with Gasteiger partial charge in [-0.2, -0.15) is 0 Å². The highest BCUT2D eigenvalue weighted by molar-refractivity contribution is 5.69. The summed E-state index contributed by atoms with van der Waals surface area (Å²) in [6, 6.07) is 0.508. The van der Waals surface area contributed by atoms with Gasteiger partial charge in [-0.1, -0.05) is 39.0 Å². The first-order valence-electron chi connectivity index (χ1n) is 7.73. The van der Waals surface area contributed by atoms with Crippen molar-refractivity contribution in [2.45, 2.75) is 64.3 Å². The fourth-order valence-electron chi connectivity index (χ4n) is 2.93. The first kappa shape index (κ1) is 16.4. The molecule has 1 aliphatic rings. The van der Waals surface area contributed by atoms with E-state index in [1.54, 1.807) is 6.92 Å². The summed E-state index contributed by atoms with van der Waals surface area (Å²) in [7, 11) is 0. The maximum atomic E-state index is 11.0. The van der Waals surface area contributed by atoms with Gasteiger partial charge in [0.1, 0.15) is 0 Å². The lowest BCUT2D eigenvalue weighted by atomic mass is 9.94. The van der Waals surface area contributed by atoms with Crippen LogP contribution in [0.2, 0.25) is 0 Å². The summed E-state index contributed by atoms with van der Waals surface area (Å²) in [6.07, 6.45) is 9.55. The number of carboxylic acids is 1. The normalized spacial score (nSPS) is 19.9. The summed E-state index contributed by atoms with van der Waals surface area (Å²) in [4.78, 5) is 13.3. The Hall–Kier alpha value is -0.610. The third-order valence-electron chi connectivity index (χ3n) is 4.12. The molecule has 1 rings (SSSR count). The summed E-state index contributed by atoms with van der Waals surface area (Å²) in [5, 5.41) is 18.1. The van der Waals surface area contributed by atoms with Crippen molar-refractivity contribution in [1.82, 2.24) is 4.90 Å². The van der Waals surface area contributed by atoms with E-state index < -0.39 is 5.97 Å². The molecule has 1 unspecified atom stereocenters. The lowest BCUT2D eigenvalue weighted by Gasteiger charge is -2.34. The second-order valence-electron chi connectivity index (χ2n) is 5.81. The standard InChI is InChI=1S/C15H29NO3/c1-13(15(18)19)12-16(10-7-11-17)14-8-5-3-2-4-6-9-14/h13-14,17H,2-12H2,1H3,(H,18,19). The van der Waals surface area contributed by atoms with E-state index in [9.17, 15) is 4.79 Å². The van der Waals surface area contributed by atoms with E-state index in [1.165, 1.54) is 44.9 Å². The second-order valence-corrected chi connectivity index (χ2v) is 5.81. The van der Waals surface area contributed by atoms with Crippen LogP contribution in [0.5, 0.6) is 0 Å². The third kappa shape index (κ3) is 6.39. The highest BCUT2D eigenvalue weighted by atomic mass is 16.4. The highest BCUT2D eigenvalue weighted by Gasteiger charge is 2.23. The van der Waals surface area contributed by atoms with Gasteiger partial charge in [-0.05, 0) is 19.3 Å². The number of nitrogens with zero attached hydrogens (tertiary/aromatic N) is 1. The van der Waals surface area contributed by atoms with Gasteiger partial charge < -0.3 is 10.2 Å². The van der Waals surface area contributed by atoms with Crippen LogP contribution in [0.3, 0.4) is 0 Å². The molecule has 19 heavy (non-hydrogen) atoms. The van der Waals surface area contributed by atoms with Gasteiger partial charge in [0.05, 0.1) is 5.92 Å². The van der Waals surface area contributed by atoms with E-state index >= 15 is 0 Å². The number of carbonyl (C=O) groups is 1. The van der Waals surface area contributed by atoms with Gasteiger partial charge in [-0.25, -0.2) is 0 Å². The average molecular weight is 271 g/mol. The summed E-state index contributed by atoms with van der Waals surface area (Å²) < 4.78 is 0. The Bertz CT molecular complexity index is 250. The summed E-state index contributed by atoms with van der Waals surface area (Å²) in [5.74, 6) is -1.05. The monoisotopic (exact) mass is 271 g/mol. The number of aliphatic hydroxyl groups is 1. The van der Waals surface area contributed by atoms with Crippen LogP contribution in [0.25, 0.3) is 0 Å². The van der Waals surface area contributed by atoms with Crippen molar-refractivity contribution in [3.63, 3.8) is 0 Å². The topological polar surface area (TPSA) is 60.8 Å². The summed E-state index contributed by atoms with van der Waals surface area (Å²) in [5.41, 5.74) is 0. The van der Waals surface area contributed by atoms with E-state index in [1.807, 2.05) is 0 Å². The van der Waals surface area contributed by atoms with Gasteiger partial charge in [0, 0.05) is 25.7 Å². The zero-order chi connectivity index (χ0) is 14.1. The molecule has 1 fully saturated rings. The van der Waals surface area contributed by atoms with Crippen molar-refractivity contribution >= 4 is 5.97 Å². The van der Waals surface area contributed by atoms with Crippen molar-refractivity contribution in [2.75, 3.05) is 19.7 Å². The van der Waals surface area contributed by atoms with Gasteiger partial charge in [0.25, 0.3) is 0 Å². The predicted octanol–water partition coefficient (Wildman–Crippen LogP) is 2.50. The smallest absolute Gasteiger partial charge is 0.307 e. The zero-order valence-electron chi connectivity index (χ0n) is 12.2. The van der Waals surface area contributed by atoms with E-state index in [2.05, 4.69) is 4.90 Å². The molecule has 0 aliphatic heterocycles. The Labute approximate surface area is 116 Å². The van der Waals surface area contributed by atoms with Crippen LogP contribution >= 0.6 is 0 Å². The van der Waals surface area contributed by atoms with Crippen molar-refractivity contribution in [1.29, 1.82) is 0 Å². The van der Waals surface area contributed by atoms with Crippen LogP contribution in [-0.4, -0.2) is 46.8 Å². The molecular formula is C15H29NO3. The first-order valence-corrected chi connectivity index (χ1v) is 7.73. The highest BCUT2D eigenvalue weighted by Crippen LogP contribution is 2.22. The minimum Gasteiger partial charge on any atom is -0.481 e. The zero-order valence-corrected chi connectivity index (χ0v) is 12.2. The quantitative estimate of drug-likeness (QED) is 0.747. The van der Waals surface area contributed by atoms with Gasteiger partial charge in [0.15, 0.2) is 0 Å². The maximum absolute atomic E-state index is 11.0. The fourth-order valence-corrected chi connectivity index (χ4v) is 2.93. The lowest BCUT2D eigenvalue weighted by Crippen LogP contribution is -2.41. The van der Waals surface area contributed by atoms with Crippen LogP contribution in [0.15, 0.2) is 0 Å². The predicted molar refractivity (Wildman–Crippen MR) is 76.2 cm³/mol. The van der Waals surface area contributed by atoms with Crippen molar-refractivity contribution in [2.24, 2.45) is 5.92 Å². The fraction of sp³-hybridized carbons (Fsp3) is 0.933. The Morgan fingerprint density at radius 3 is 2.32 bits per heavy atom. The second kappa shape index (κ2) is 9.32. The molecule has 2 N–H and O–H groups in total. The lowest BCUT2D eigenvalue weighted by molar-refractivity contribution is -0.142. The Balaban J connectivity index is 2.56. The van der Waals surface area contributed by atoms with Crippen LogP contribution < -0.4 is 0 Å². The van der Waals surface area contributed by atoms with Crippen molar-refractivity contribution < 1.29 is 15.0 Å². The molecule has 0 amide bonds. The van der Waals surface area contributed by atoms with Crippen LogP contribution in [0, 0.1) is 5.92 Å². The van der Waals surface area contributed by atoms with Gasteiger partial charge >= 0.3 is 5.97 Å². The molecule has 0 spiro atoms. The summed E-state index contributed by atoms with van der Waals surface area (Å²) in [6.45, 7) is 3.39. The molecule has 1 atom stereocenters. The van der Waals surface area contributed by atoms with E-state index in [4.69, 9.17) is 10.2 Å². The number of hydrogen-bond acceptors (Lipinski definition) is 3. The summed E-state index contributed by atoms with van der Waals surface area (Å²) >= 11 is 0. The molecule has 0 heterocycles. The molecule has 1 saturated carbocycles. The molecule has 4 heteroatoms. The van der Waals surface area contributed by atoms with E-state index in [0.717, 1.165) is 13.0 Å². The van der Waals surface area contributed by atoms with Gasteiger partial charge in [-0.3, -0.25) is 9.69 Å². The van der Waals surface area contributed by atoms with Crippen LogP contribution in [0.4, 0.5) is 0 Å². The van der Waals surface area contributed by atoms with Crippen molar-refractivity contribution in [3.8, 4) is 0 Å². The maximum Gasteiger partial charge on any atom is 0.307 e. The molecule has 1 aliphatic carbocycles. The SMILES string of the molecule is CC(CN(CCCO)C1CCCCCCC1)C(=O)O. The number of carboxylic acid groups (broad SMARTS) is 1. The van der Waals surface area contributed by atoms with Gasteiger partial charge in [-0.15, -0.1) is 0 Å². The van der Waals surface area contributed by atoms with E-state index in [-0.39, 0.29) is 12.5 Å². The van der Waals surface area contributed by atoms with Crippen LogP contribution in [0.1, 0.15) is 58.3 Å². The number of rotatable bonds is 7. The molecule has 112 valence electrons. The molecule has 0 aromatic rings. The molecule has 4 nitrogen and oxygen atoms in total. The number of aliphatic hydroxyl groups excluding tert-OH is 1. The van der Waals surface area contributed by atoms with E-state index in [0.29, 0.717) is 12.6 Å². The molecule has 0 aromatic heterocycles. The van der Waals surface area contributed by atoms with Gasteiger partial charge in [0.2, 0.25) is 0 Å². The molecule has 0 aromatic carbocycles. The number of aliphatic carboxylic acids is 1. The molecular weight excluding hydrogens is 242 g/mol. The Morgan fingerprint density at radius 2 is 1.79 bits per heavy atom. The Kier molecular flexibility index (Phi) is 8.07. The van der Waals surface area contributed by atoms with Crippen LogP contribution in [-0.2, 0) is 4.79 Å². The minimum atomic E-state index is -0.722. The largest absolute Gasteiger partial charge is 0.481 e. The minimum absolute atomic E-state index is 0.185. The average Bonchev–Trinajstić information content (AvgIpc) is 2.34. The van der Waals surface area contributed by atoms with Crippen molar-refractivity contribution in [3.05, 3.63) is 0 Å². The molecule has 0 saturated heterocycles. The molecule has 0 radical (unpaired) electrons. The first-order chi connectivity index (χ1) is 9.15. The molecule has 0 bridgehead atoms. The number of hydrogen-bond donors (Lipinski definition) is 2.